The maximum atomic E-state index is 5.24. The molecule has 0 unspecified atom stereocenters. The van der Waals surface area contributed by atoms with Crippen molar-refractivity contribution in [2.75, 3.05) is 43.5 Å². The second-order valence-corrected chi connectivity index (χ2v) is 8.54. The number of methoxy groups -OCH3 is 1. The quantitative estimate of drug-likeness (QED) is 0.580. The number of aryl methyl sites for hydroxylation is 2. The summed E-state index contributed by atoms with van der Waals surface area (Å²) in [5, 5.41) is 3.40. The van der Waals surface area contributed by atoms with Gasteiger partial charge in [0.15, 0.2) is 0 Å². The zero-order valence-electron chi connectivity index (χ0n) is 17.6. The van der Waals surface area contributed by atoms with Crippen LogP contribution in [0, 0.1) is 13.8 Å². The molecule has 1 aliphatic heterocycles. The van der Waals surface area contributed by atoms with E-state index in [-0.39, 0.29) is 0 Å². The lowest BCUT2D eigenvalue weighted by Crippen LogP contribution is -2.44. The number of hydrogen-bond acceptors (Lipinski definition) is 7. The highest BCUT2D eigenvalue weighted by atomic mass is 32.2. The fourth-order valence-electron chi connectivity index (χ4n) is 3.31. The van der Waals surface area contributed by atoms with E-state index in [9.17, 15) is 0 Å². The predicted molar refractivity (Wildman–Crippen MR) is 124 cm³/mol. The Labute approximate surface area is 182 Å². The van der Waals surface area contributed by atoms with Crippen molar-refractivity contribution in [1.82, 2.24) is 14.3 Å². The number of hydrogen-bond donors (Lipinski definition) is 1. The van der Waals surface area contributed by atoms with E-state index in [1.807, 2.05) is 25.1 Å². The van der Waals surface area contributed by atoms with Crippen molar-refractivity contribution in [3.05, 3.63) is 65.9 Å². The van der Waals surface area contributed by atoms with Gasteiger partial charge in [-0.3, -0.25) is 0 Å². The summed E-state index contributed by atoms with van der Waals surface area (Å²) in [4.78, 5) is 12.9. The first-order valence-corrected chi connectivity index (χ1v) is 10.9. The lowest BCUT2D eigenvalue weighted by molar-refractivity contribution is 0.414. The molecule has 0 atom stereocenters. The Bertz CT molecular complexity index is 970. The van der Waals surface area contributed by atoms with Crippen LogP contribution in [0.4, 0.5) is 17.5 Å². The average Bonchev–Trinajstić information content (AvgIpc) is 2.76. The summed E-state index contributed by atoms with van der Waals surface area (Å²) in [5.74, 6) is 2.51. The minimum Gasteiger partial charge on any atom is -0.497 e. The SMILES string of the molecule is COc1ccc(SN2CCN(c3nc(C)cc(Nc4ccc(C)cc4)n3)CC2)cc1. The number of nitrogens with one attached hydrogen (secondary N) is 1. The van der Waals surface area contributed by atoms with Crippen LogP contribution in [0.25, 0.3) is 0 Å². The van der Waals surface area contributed by atoms with Crippen molar-refractivity contribution in [3.63, 3.8) is 0 Å². The zero-order valence-corrected chi connectivity index (χ0v) is 18.4. The van der Waals surface area contributed by atoms with E-state index >= 15 is 0 Å². The van der Waals surface area contributed by atoms with E-state index in [2.05, 4.69) is 62.8 Å². The molecule has 1 saturated heterocycles. The topological polar surface area (TPSA) is 53.5 Å². The summed E-state index contributed by atoms with van der Waals surface area (Å²) < 4.78 is 7.62. The third-order valence-electron chi connectivity index (χ3n) is 4.98. The van der Waals surface area contributed by atoms with Gasteiger partial charge in [-0.1, -0.05) is 17.7 Å². The normalized spacial score (nSPS) is 14.6. The molecular weight excluding hydrogens is 394 g/mol. The summed E-state index contributed by atoms with van der Waals surface area (Å²) in [6, 6.07) is 18.5. The first-order valence-electron chi connectivity index (χ1n) is 10.1. The molecule has 6 nitrogen and oxygen atoms in total. The summed E-state index contributed by atoms with van der Waals surface area (Å²) in [7, 11) is 1.69. The fourth-order valence-corrected chi connectivity index (χ4v) is 4.21. The summed E-state index contributed by atoms with van der Waals surface area (Å²) in [5.41, 5.74) is 3.24. The van der Waals surface area contributed by atoms with Crippen molar-refractivity contribution >= 4 is 29.4 Å². The number of piperazine rings is 1. The van der Waals surface area contributed by atoms with Crippen LogP contribution in [0.5, 0.6) is 5.75 Å². The third kappa shape index (κ3) is 5.23. The Morgan fingerprint density at radius 3 is 2.27 bits per heavy atom. The summed E-state index contributed by atoms with van der Waals surface area (Å²) in [6.45, 7) is 7.81. The lowest BCUT2D eigenvalue weighted by Gasteiger charge is -2.34. The summed E-state index contributed by atoms with van der Waals surface area (Å²) in [6.07, 6.45) is 0. The average molecular weight is 422 g/mol. The van der Waals surface area contributed by atoms with E-state index in [4.69, 9.17) is 9.72 Å². The van der Waals surface area contributed by atoms with E-state index in [0.717, 1.165) is 55.1 Å². The van der Waals surface area contributed by atoms with Crippen LogP contribution in [0.15, 0.2) is 59.5 Å². The standard InChI is InChI=1S/C23H27N5OS/c1-17-4-6-19(7-5-17)25-22-16-18(2)24-23(26-22)27-12-14-28(15-13-27)30-21-10-8-20(29-3)9-11-21/h4-11,16H,12-15H2,1-3H3,(H,24,25,26). The molecule has 0 amide bonds. The Morgan fingerprint density at radius 1 is 0.900 bits per heavy atom. The molecular formula is C23H27N5OS. The number of benzene rings is 2. The maximum Gasteiger partial charge on any atom is 0.227 e. The molecule has 0 spiro atoms. The highest BCUT2D eigenvalue weighted by molar-refractivity contribution is 7.97. The van der Waals surface area contributed by atoms with Crippen molar-refractivity contribution in [3.8, 4) is 5.75 Å². The van der Waals surface area contributed by atoms with Crippen LogP contribution in [-0.4, -0.2) is 47.6 Å². The molecule has 0 bridgehead atoms. The molecule has 0 saturated carbocycles. The molecule has 1 N–H and O–H groups in total. The zero-order chi connectivity index (χ0) is 20.9. The molecule has 1 aliphatic rings. The first kappa shape index (κ1) is 20.5. The molecule has 30 heavy (non-hydrogen) atoms. The molecule has 7 heteroatoms. The third-order valence-corrected chi connectivity index (χ3v) is 6.09. The van der Waals surface area contributed by atoms with Crippen molar-refractivity contribution in [1.29, 1.82) is 0 Å². The van der Waals surface area contributed by atoms with Crippen LogP contribution in [0.2, 0.25) is 0 Å². The van der Waals surface area contributed by atoms with E-state index in [1.165, 1.54) is 10.5 Å². The van der Waals surface area contributed by atoms with Gasteiger partial charge >= 0.3 is 0 Å². The number of anilines is 3. The molecule has 156 valence electrons. The number of aromatic nitrogens is 2. The van der Waals surface area contributed by atoms with E-state index < -0.39 is 0 Å². The van der Waals surface area contributed by atoms with Crippen LogP contribution in [0.3, 0.4) is 0 Å². The van der Waals surface area contributed by atoms with Gasteiger partial charge in [0.1, 0.15) is 11.6 Å². The van der Waals surface area contributed by atoms with Crippen molar-refractivity contribution in [2.45, 2.75) is 18.7 Å². The number of rotatable bonds is 6. The van der Waals surface area contributed by atoms with Crippen LogP contribution < -0.4 is 15.0 Å². The smallest absolute Gasteiger partial charge is 0.227 e. The molecule has 2 heterocycles. The highest BCUT2D eigenvalue weighted by Gasteiger charge is 2.20. The van der Waals surface area contributed by atoms with Gasteiger partial charge in [-0.25, -0.2) is 9.29 Å². The lowest BCUT2D eigenvalue weighted by atomic mass is 10.2. The van der Waals surface area contributed by atoms with Crippen LogP contribution in [0.1, 0.15) is 11.3 Å². The number of ether oxygens (including phenoxy) is 1. The minimum atomic E-state index is 0.790. The Morgan fingerprint density at radius 2 is 1.60 bits per heavy atom. The van der Waals surface area contributed by atoms with E-state index in [0.29, 0.717) is 0 Å². The molecule has 0 radical (unpaired) electrons. The second-order valence-electron chi connectivity index (χ2n) is 7.37. The van der Waals surface area contributed by atoms with Crippen molar-refractivity contribution in [2.24, 2.45) is 0 Å². The van der Waals surface area contributed by atoms with E-state index in [1.54, 1.807) is 19.1 Å². The Kier molecular flexibility index (Phi) is 6.40. The maximum absolute atomic E-state index is 5.24. The molecule has 1 fully saturated rings. The fraction of sp³-hybridized carbons (Fsp3) is 0.304. The van der Waals surface area contributed by atoms with Gasteiger partial charge in [-0.15, -0.1) is 0 Å². The monoisotopic (exact) mass is 421 g/mol. The van der Waals surface area contributed by atoms with Crippen LogP contribution in [-0.2, 0) is 0 Å². The first-order chi connectivity index (χ1) is 14.6. The van der Waals surface area contributed by atoms with Crippen LogP contribution >= 0.6 is 11.9 Å². The summed E-state index contributed by atoms with van der Waals surface area (Å²) >= 11 is 1.79. The molecule has 4 rings (SSSR count). The van der Waals surface area contributed by atoms with Gasteiger partial charge in [0.25, 0.3) is 0 Å². The molecule has 0 aliphatic carbocycles. The Balaban J connectivity index is 1.37. The predicted octanol–water partition coefficient (Wildman–Crippen LogP) is 4.67. The minimum absolute atomic E-state index is 0.790. The second kappa shape index (κ2) is 9.36. The van der Waals surface area contributed by atoms with Crippen molar-refractivity contribution < 1.29 is 4.74 Å². The largest absolute Gasteiger partial charge is 0.497 e. The van der Waals surface area contributed by atoms with Gasteiger partial charge in [0, 0.05) is 48.5 Å². The molecule has 2 aromatic carbocycles. The van der Waals surface area contributed by atoms with Gasteiger partial charge in [0.05, 0.1) is 7.11 Å². The highest BCUT2D eigenvalue weighted by Crippen LogP contribution is 2.27. The number of nitrogens with zero attached hydrogens (tertiary/aromatic N) is 4. The van der Waals surface area contributed by atoms with Gasteiger partial charge in [-0.2, -0.15) is 4.98 Å². The molecule has 3 aromatic rings. The van der Waals surface area contributed by atoms with Gasteiger partial charge in [0.2, 0.25) is 5.95 Å². The molecule has 1 aromatic heterocycles. The van der Waals surface area contributed by atoms with Gasteiger partial charge < -0.3 is 15.0 Å². The Hall–Kier alpha value is -2.77. The van der Waals surface area contributed by atoms with Gasteiger partial charge in [-0.05, 0) is 62.2 Å².